The molecule has 0 aromatic heterocycles. The van der Waals surface area contributed by atoms with E-state index in [4.69, 9.17) is 17.0 Å². The van der Waals surface area contributed by atoms with Gasteiger partial charge in [0, 0.05) is 0 Å². The molecule has 66 heavy (non-hydrogen) atoms. The van der Waals surface area contributed by atoms with Crippen molar-refractivity contribution in [1.82, 2.24) is 0 Å². The number of halogens is 14. The molecule has 0 fully saturated rings. The van der Waals surface area contributed by atoms with Crippen molar-refractivity contribution < 1.29 is 68.2 Å². The van der Waals surface area contributed by atoms with Crippen molar-refractivity contribution in [3.8, 4) is 22.3 Å². The van der Waals surface area contributed by atoms with Crippen molar-refractivity contribution >= 4 is 35.1 Å². The monoisotopic (exact) mass is 1070 g/mol. The van der Waals surface area contributed by atoms with E-state index in [1.165, 1.54) is 0 Å². The van der Waals surface area contributed by atoms with Gasteiger partial charge in [0.2, 0.25) is 0 Å². The van der Waals surface area contributed by atoms with Gasteiger partial charge in [-0.15, -0.1) is 0 Å². The van der Waals surface area contributed by atoms with Crippen LogP contribution in [0.5, 0.6) is 0 Å². The summed E-state index contributed by atoms with van der Waals surface area (Å²) in [5.41, 5.74) is -3.17. The Morgan fingerprint density at radius 2 is 0.742 bits per heavy atom. The summed E-state index contributed by atoms with van der Waals surface area (Å²) in [5.74, 6) is -3.20. The second-order valence-corrected chi connectivity index (χ2v) is 63.4. The molecule has 0 aliphatic heterocycles. The average Bonchev–Trinajstić information content (AvgIpc) is 3.77. The predicted octanol–water partition coefficient (Wildman–Crippen LogP) is 19.0. The summed E-state index contributed by atoms with van der Waals surface area (Å²) < 4.78 is 172. The molecule has 0 amide bonds. The van der Waals surface area contributed by atoms with Gasteiger partial charge in [-0.1, -0.05) is 0 Å². The van der Waals surface area contributed by atoms with Gasteiger partial charge < -0.3 is 0 Å². The zero-order valence-corrected chi connectivity index (χ0v) is 43.7. The van der Waals surface area contributed by atoms with Crippen molar-refractivity contribution in [3.63, 3.8) is 0 Å². The van der Waals surface area contributed by atoms with Crippen LogP contribution in [0.25, 0.3) is 34.4 Å². The summed E-state index contributed by atoms with van der Waals surface area (Å²) in [5, 5.41) is 0. The Morgan fingerprint density at radius 3 is 0.955 bits per heavy atom. The van der Waals surface area contributed by atoms with Crippen LogP contribution in [0.15, 0.2) is 71.8 Å². The zero-order chi connectivity index (χ0) is 50.1. The first-order valence-electron chi connectivity index (χ1n) is 21.6. The maximum atomic E-state index is 14.4. The molecule has 0 nitrogen and oxygen atoms in total. The molecular weight excluding hydrogens is 1020 g/mol. The van der Waals surface area contributed by atoms with Crippen molar-refractivity contribution in [1.29, 1.82) is 0 Å². The van der Waals surface area contributed by atoms with E-state index in [1.807, 2.05) is 78.9 Å². The van der Waals surface area contributed by atoms with E-state index in [0.29, 0.717) is 33.4 Å². The van der Waals surface area contributed by atoms with Crippen LogP contribution in [0.2, 0.25) is 13.1 Å². The number of alkyl halides is 12. The molecule has 0 heterocycles. The summed E-state index contributed by atoms with van der Waals surface area (Å²) in [6.45, 7) is 22.8. The van der Waals surface area contributed by atoms with Crippen LogP contribution in [0.3, 0.4) is 0 Å². The van der Waals surface area contributed by atoms with E-state index in [1.54, 1.807) is 39.8 Å². The Labute approximate surface area is 387 Å². The molecule has 2 aliphatic carbocycles. The molecule has 2 atom stereocenters. The van der Waals surface area contributed by atoms with E-state index in [2.05, 4.69) is 0 Å². The molecule has 0 saturated heterocycles. The first-order chi connectivity index (χ1) is 29.7. The molecular formula is C50H53Cl2F12SiZr. The minimum absolute atomic E-state index is 0.0967. The number of fused-ring (bicyclic) bond motifs is 2. The number of hydrogen-bond donors (Lipinski definition) is 0. The van der Waals surface area contributed by atoms with Gasteiger partial charge in [-0.25, -0.2) is 0 Å². The first-order valence-corrected chi connectivity index (χ1v) is 38.0. The third kappa shape index (κ3) is 9.21. The standard InChI is InChI=1S/2C24H23F6.C2H7Si.2ClH.Zr/c2*1-13(2)19-7-6-14-8-16(22(3,4)5)12-20(14)21(19)15-9-17(23(25,26)27)11-18(10-15)24(28,29)30;1-3-2;;;/h2*6-13H,1-5H3;3H,1-2H3;2*1H;/q;;;;;+2/p-2. The summed E-state index contributed by atoms with van der Waals surface area (Å²) in [4.78, 5) is 0. The van der Waals surface area contributed by atoms with E-state index in [0.717, 1.165) is 35.4 Å². The molecule has 0 radical (unpaired) electrons. The molecule has 16 heteroatoms. The molecule has 4 aromatic carbocycles. The van der Waals surface area contributed by atoms with Crippen LogP contribution in [-0.4, -0.2) is 5.92 Å². The van der Waals surface area contributed by atoms with Gasteiger partial charge in [-0.05, 0) is 0 Å². The molecule has 6 rings (SSSR count). The Hall–Kier alpha value is -2.80. The van der Waals surface area contributed by atoms with Gasteiger partial charge in [-0.3, -0.25) is 0 Å². The number of rotatable bonds is 7. The van der Waals surface area contributed by atoms with Crippen molar-refractivity contribution in [2.24, 2.45) is 10.8 Å². The van der Waals surface area contributed by atoms with Crippen molar-refractivity contribution in [3.05, 3.63) is 127 Å². The van der Waals surface area contributed by atoms with E-state index in [9.17, 15) is 52.7 Å². The minimum atomic E-state index is -6.01. The summed E-state index contributed by atoms with van der Waals surface area (Å²) in [7, 11) is 17.4. The molecule has 4 aromatic rings. The normalized spacial score (nSPS) is 18.2. The first kappa shape index (κ1) is 52.6. The number of hydrogen-bond acceptors (Lipinski definition) is 0. The Balaban J connectivity index is 1.77. The SMILES string of the molecule is CC(C)c1ccc2c(c1-c1cc(C(F)(F)F)cc(C(F)(F)F)c1)C=C(C(C)(C)C)[CH]2[Zr]([Cl])([Cl])([CH]1C(C(C)(C)C)=Cc2c1ccc(C(C)C)c2-c1cc(C(F)(F)F)cc(C(F)(F)F)c1)[SiH](C)C. The topological polar surface area (TPSA) is 0 Å². The fourth-order valence-corrected chi connectivity index (χ4v) is 41.5. The molecule has 0 spiro atoms. The Kier molecular flexibility index (Phi) is 13.3. The summed E-state index contributed by atoms with van der Waals surface area (Å²) in [6.07, 6.45) is -16.8. The predicted molar refractivity (Wildman–Crippen MR) is 243 cm³/mol. The van der Waals surface area contributed by atoms with Gasteiger partial charge >= 0.3 is 390 Å². The molecule has 0 saturated carbocycles. The van der Waals surface area contributed by atoms with Gasteiger partial charge in [-0.2, -0.15) is 0 Å². The summed E-state index contributed by atoms with van der Waals surface area (Å²) >= 11 is -6.01. The zero-order valence-electron chi connectivity index (χ0n) is 38.6. The van der Waals surface area contributed by atoms with Crippen LogP contribution < -0.4 is 0 Å². The van der Waals surface area contributed by atoms with Crippen molar-refractivity contribution in [2.75, 3.05) is 0 Å². The molecule has 0 N–H and O–H groups in total. The number of allylic oxidation sites excluding steroid dienone is 2. The Morgan fingerprint density at radius 1 is 0.470 bits per heavy atom. The number of benzene rings is 4. The van der Waals surface area contributed by atoms with Crippen LogP contribution in [-0.2, 0) is 40.3 Å². The van der Waals surface area contributed by atoms with Gasteiger partial charge in [0.15, 0.2) is 0 Å². The molecule has 359 valence electrons. The van der Waals surface area contributed by atoms with Crippen molar-refractivity contribution in [2.45, 2.75) is 126 Å². The van der Waals surface area contributed by atoms with Crippen LogP contribution in [0.1, 0.15) is 144 Å². The van der Waals surface area contributed by atoms with E-state index >= 15 is 0 Å². The van der Waals surface area contributed by atoms with E-state index in [-0.39, 0.29) is 46.2 Å². The third-order valence-electron chi connectivity index (χ3n) is 13.4. The summed E-state index contributed by atoms with van der Waals surface area (Å²) in [6, 6.07) is 10.2. The van der Waals surface area contributed by atoms with Gasteiger partial charge in [0.1, 0.15) is 0 Å². The fraction of sp³-hybridized carbons (Fsp3) is 0.440. The second-order valence-electron chi connectivity index (χ2n) is 20.9. The van der Waals surface area contributed by atoms with Gasteiger partial charge in [0.05, 0.1) is 0 Å². The van der Waals surface area contributed by atoms with Crippen LogP contribution >= 0.6 is 17.0 Å². The van der Waals surface area contributed by atoms with Crippen LogP contribution in [0.4, 0.5) is 52.7 Å². The molecule has 0 bridgehead atoms. The Bertz CT molecular complexity index is 2410. The average molecular weight is 1070 g/mol. The maximum absolute atomic E-state index is 14.4. The van der Waals surface area contributed by atoms with Crippen LogP contribution in [0, 0.1) is 10.8 Å². The molecule has 2 unspecified atom stereocenters. The van der Waals surface area contributed by atoms with Gasteiger partial charge in [0.25, 0.3) is 0 Å². The third-order valence-corrected chi connectivity index (χ3v) is 65.0. The second kappa shape index (κ2) is 16.7. The van der Waals surface area contributed by atoms with E-state index < -0.39 is 86.5 Å². The molecule has 2 aliphatic rings. The fourth-order valence-electron chi connectivity index (χ4n) is 10.1. The quantitative estimate of drug-likeness (QED) is 0.128.